The number of ether oxygens (including phenoxy) is 1. The molecular formula is C19H26O3. The summed E-state index contributed by atoms with van der Waals surface area (Å²) in [6.07, 6.45) is 12.2. The molecule has 2 rings (SSSR count). The van der Waals surface area contributed by atoms with Crippen molar-refractivity contribution in [2.45, 2.75) is 59.3 Å². The number of esters is 2. The highest BCUT2D eigenvalue weighted by molar-refractivity contribution is 5.96. The summed E-state index contributed by atoms with van der Waals surface area (Å²) in [6.45, 7) is 6.43. The predicted octanol–water partition coefficient (Wildman–Crippen LogP) is 4.50. The number of hydrogen-bond donors (Lipinski definition) is 0. The summed E-state index contributed by atoms with van der Waals surface area (Å²) in [6, 6.07) is 0. The van der Waals surface area contributed by atoms with E-state index in [-0.39, 0.29) is 23.8 Å². The van der Waals surface area contributed by atoms with E-state index in [1.54, 1.807) is 0 Å². The number of rotatable bonds is 6. The molecule has 1 heterocycles. The van der Waals surface area contributed by atoms with Crippen molar-refractivity contribution in [3.63, 3.8) is 0 Å². The molecule has 2 aliphatic rings. The first-order chi connectivity index (χ1) is 10.5. The first-order valence-electron chi connectivity index (χ1n) is 8.20. The molecule has 0 aromatic rings. The third kappa shape index (κ3) is 4.43. The van der Waals surface area contributed by atoms with Crippen LogP contribution >= 0.6 is 0 Å². The summed E-state index contributed by atoms with van der Waals surface area (Å²) in [5, 5.41) is 0. The molecule has 0 spiro atoms. The SMILES string of the molecule is CC(C)=CCC/C(C)=C/CCC1=CCC2C(=O)OC(=O)C2C1. The van der Waals surface area contributed by atoms with Crippen LogP contribution in [0.15, 0.2) is 34.9 Å². The molecule has 3 heteroatoms. The van der Waals surface area contributed by atoms with Crippen LogP contribution in [0.25, 0.3) is 0 Å². The van der Waals surface area contributed by atoms with E-state index in [1.807, 2.05) is 0 Å². The lowest BCUT2D eigenvalue weighted by Crippen LogP contribution is -2.21. The molecule has 1 saturated heterocycles. The fourth-order valence-corrected chi connectivity index (χ4v) is 3.12. The van der Waals surface area contributed by atoms with Crippen LogP contribution in [-0.4, -0.2) is 11.9 Å². The van der Waals surface area contributed by atoms with E-state index >= 15 is 0 Å². The number of carbonyl (C=O) groups is 2. The second-order valence-corrected chi connectivity index (χ2v) is 6.66. The third-order valence-electron chi connectivity index (χ3n) is 4.48. The number of fused-ring (bicyclic) bond motifs is 1. The molecule has 0 saturated carbocycles. The van der Waals surface area contributed by atoms with Crippen molar-refractivity contribution in [3.8, 4) is 0 Å². The highest BCUT2D eigenvalue weighted by Gasteiger charge is 2.45. The second kappa shape index (κ2) is 7.57. The zero-order valence-corrected chi connectivity index (χ0v) is 13.9. The third-order valence-corrected chi connectivity index (χ3v) is 4.48. The van der Waals surface area contributed by atoms with Gasteiger partial charge in [-0.15, -0.1) is 0 Å². The van der Waals surface area contributed by atoms with Crippen LogP contribution in [-0.2, 0) is 14.3 Å². The van der Waals surface area contributed by atoms with Gasteiger partial charge in [0, 0.05) is 0 Å². The van der Waals surface area contributed by atoms with Crippen LogP contribution in [0.3, 0.4) is 0 Å². The van der Waals surface area contributed by atoms with Gasteiger partial charge < -0.3 is 4.74 Å². The lowest BCUT2D eigenvalue weighted by molar-refractivity contribution is -0.153. The average molecular weight is 302 g/mol. The topological polar surface area (TPSA) is 43.4 Å². The van der Waals surface area contributed by atoms with Gasteiger partial charge in [0.2, 0.25) is 0 Å². The lowest BCUT2D eigenvalue weighted by Gasteiger charge is -2.20. The number of hydrogen-bond acceptors (Lipinski definition) is 3. The summed E-state index contributed by atoms with van der Waals surface area (Å²) < 4.78 is 4.73. The Hall–Kier alpha value is -1.64. The van der Waals surface area contributed by atoms with Gasteiger partial charge >= 0.3 is 11.9 Å². The molecule has 0 radical (unpaired) electrons. The van der Waals surface area contributed by atoms with Gasteiger partial charge in [0.25, 0.3) is 0 Å². The quantitative estimate of drug-likeness (QED) is 0.412. The molecule has 0 bridgehead atoms. The Balaban J connectivity index is 1.78. The van der Waals surface area contributed by atoms with Gasteiger partial charge in [-0.3, -0.25) is 9.59 Å². The molecule has 1 fully saturated rings. The van der Waals surface area contributed by atoms with E-state index < -0.39 is 0 Å². The Labute approximate surface area is 133 Å². The molecule has 3 nitrogen and oxygen atoms in total. The van der Waals surface area contributed by atoms with Gasteiger partial charge in [-0.25, -0.2) is 0 Å². The maximum atomic E-state index is 11.6. The molecule has 0 amide bonds. The zero-order valence-electron chi connectivity index (χ0n) is 13.9. The number of allylic oxidation sites excluding steroid dienone is 6. The van der Waals surface area contributed by atoms with E-state index in [9.17, 15) is 9.59 Å². The number of cyclic esters (lactones) is 2. The summed E-state index contributed by atoms with van der Waals surface area (Å²) in [5.41, 5.74) is 4.08. The molecule has 22 heavy (non-hydrogen) atoms. The molecule has 0 aromatic heterocycles. The van der Waals surface area contributed by atoms with Crippen LogP contribution in [0.1, 0.15) is 59.3 Å². The minimum Gasteiger partial charge on any atom is -0.393 e. The average Bonchev–Trinajstić information content (AvgIpc) is 2.73. The second-order valence-electron chi connectivity index (χ2n) is 6.66. The fourth-order valence-electron chi connectivity index (χ4n) is 3.12. The van der Waals surface area contributed by atoms with Crippen LogP contribution in [0.5, 0.6) is 0 Å². The minimum atomic E-state index is -0.333. The first-order valence-corrected chi connectivity index (χ1v) is 8.20. The van der Waals surface area contributed by atoms with Crippen LogP contribution < -0.4 is 0 Å². The van der Waals surface area contributed by atoms with Gasteiger partial charge in [0.05, 0.1) is 11.8 Å². The minimum absolute atomic E-state index is 0.224. The Bertz CT molecular complexity index is 533. The van der Waals surface area contributed by atoms with E-state index in [2.05, 4.69) is 39.0 Å². The van der Waals surface area contributed by atoms with Crippen molar-refractivity contribution < 1.29 is 14.3 Å². The Morgan fingerprint density at radius 2 is 1.86 bits per heavy atom. The lowest BCUT2D eigenvalue weighted by atomic mass is 9.80. The van der Waals surface area contributed by atoms with Gasteiger partial charge in [-0.1, -0.05) is 34.9 Å². The Morgan fingerprint density at radius 1 is 1.14 bits per heavy atom. The van der Waals surface area contributed by atoms with Crippen molar-refractivity contribution in [1.29, 1.82) is 0 Å². The Morgan fingerprint density at radius 3 is 2.59 bits per heavy atom. The molecule has 0 aromatic carbocycles. The molecule has 2 unspecified atom stereocenters. The normalized spacial score (nSPS) is 24.7. The van der Waals surface area contributed by atoms with Gasteiger partial charge in [0.1, 0.15) is 0 Å². The summed E-state index contributed by atoms with van der Waals surface area (Å²) in [7, 11) is 0. The standard InChI is InChI=1S/C19H26O3/c1-13(2)6-4-7-14(3)8-5-9-15-10-11-16-17(12-15)19(21)22-18(16)20/h6,8,10,16-17H,4-5,7,9,11-12H2,1-3H3/b14-8+. The highest BCUT2D eigenvalue weighted by Crippen LogP contribution is 2.37. The fraction of sp³-hybridized carbons (Fsp3) is 0.579. The first kappa shape index (κ1) is 16.7. The van der Waals surface area contributed by atoms with E-state index in [0.29, 0.717) is 12.8 Å². The molecule has 1 aliphatic carbocycles. The maximum Gasteiger partial charge on any atom is 0.317 e. The van der Waals surface area contributed by atoms with Crippen molar-refractivity contribution in [2.75, 3.05) is 0 Å². The van der Waals surface area contributed by atoms with E-state index in [1.165, 1.54) is 16.7 Å². The van der Waals surface area contributed by atoms with Gasteiger partial charge in [-0.05, 0) is 59.3 Å². The smallest absolute Gasteiger partial charge is 0.317 e. The zero-order chi connectivity index (χ0) is 16.1. The van der Waals surface area contributed by atoms with Crippen molar-refractivity contribution >= 4 is 11.9 Å². The van der Waals surface area contributed by atoms with Crippen LogP contribution in [0, 0.1) is 11.8 Å². The van der Waals surface area contributed by atoms with Crippen LogP contribution in [0.4, 0.5) is 0 Å². The van der Waals surface area contributed by atoms with Gasteiger partial charge in [0.15, 0.2) is 0 Å². The van der Waals surface area contributed by atoms with Crippen molar-refractivity contribution in [2.24, 2.45) is 11.8 Å². The Kier molecular flexibility index (Phi) is 5.76. The largest absolute Gasteiger partial charge is 0.393 e. The monoisotopic (exact) mass is 302 g/mol. The maximum absolute atomic E-state index is 11.6. The molecular weight excluding hydrogens is 276 g/mol. The van der Waals surface area contributed by atoms with Gasteiger partial charge in [-0.2, -0.15) is 0 Å². The molecule has 0 N–H and O–H groups in total. The summed E-state index contributed by atoms with van der Waals surface area (Å²) >= 11 is 0. The molecule has 120 valence electrons. The molecule has 1 aliphatic heterocycles. The molecule has 2 atom stereocenters. The van der Waals surface area contributed by atoms with Crippen LogP contribution in [0.2, 0.25) is 0 Å². The van der Waals surface area contributed by atoms with Crippen molar-refractivity contribution in [1.82, 2.24) is 0 Å². The predicted molar refractivity (Wildman–Crippen MR) is 87.1 cm³/mol. The van der Waals surface area contributed by atoms with E-state index in [4.69, 9.17) is 4.74 Å². The van der Waals surface area contributed by atoms with Crippen molar-refractivity contribution in [3.05, 3.63) is 34.9 Å². The summed E-state index contributed by atoms with van der Waals surface area (Å²) in [5.74, 6) is -1.11. The highest BCUT2D eigenvalue weighted by atomic mass is 16.6. The van der Waals surface area contributed by atoms with E-state index in [0.717, 1.165) is 25.7 Å². The summed E-state index contributed by atoms with van der Waals surface area (Å²) in [4.78, 5) is 23.1. The number of carbonyl (C=O) groups excluding carboxylic acids is 2.